The lowest BCUT2D eigenvalue weighted by molar-refractivity contribution is 0.213. The van der Waals surface area contributed by atoms with Gasteiger partial charge in [0.15, 0.2) is 17.5 Å². The van der Waals surface area contributed by atoms with Crippen LogP contribution in [0.3, 0.4) is 0 Å². The Kier molecular flexibility index (Phi) is 5.50. The second-order valence-electron chi connectivity index (χ2n) is 5.32. The van der Waals surface area contributed by atoms with Crippen LogP contribution in [0.25, 0.3) is 0 Å². The van der Waals surface area contributed by atoms with E-state index in [1.54, 1.807) is 26.0 Å². The summed E-state index contributed by atoms with van der Waals surface area (Å²) in [5, 5.41) is 14.3. The van der Waals surface area contributed by atoms with Crippen LogP contribution in [0.15, 0.2) is 28.7 Å². The monoisotopic (exact) mass is 342 g/mol. The van der Waals surface area contributed by atoms with Gasteiger partial charge in [0.2, 0.25) is 0 Å². The number of carbonyl (C=O) groups excluding carboxylic acids is 1. The van der Waals surface area contributed by atoms with E-state index in [0.29, 0.717) is 11.5 Å². The van der Waals surface area contributed by atoms with Gasteiger partial charge in [-0.1, -0.05) is 0 Å². The van der Waals surface area contributed by atoms with Gasteiger partial charge in [-0.05, 0) is 43.7 Å². The first-order valence-corrected chi connectivity index (χ1v) is 7.20. The van der Waals surface area contributed by atoms with Crippen LogP contribution >= 0.6 is 0 Å². The van der Waals surface area contributed by atoms with Crippen molar-refractivity contribution < 1.29 is 27.5 Å². The minimum Gasteiger partial charge on any atom is -0.464 e. The summed E-state index contributed by atoms with van der Waals surface area (Å²) in [6.07, 6.45) is 0. The second-order valence-corrected chi connectivity index (χ2v) is 5.32. The van der Waals surface area contributed by atoms with Gasteiger partial charge in [0.25, 0.3) is 0 Å². The maximum Gasteiger partial charge on any atom is 0.315 e. The molecule has 8 heteroatoms. The fraction of sp³-hybridized carbons (Fsp3) is 0.312. The fourth-order valence-corrected chi connectivity index (χ4v) is 2.16. The largest absolute Gasteiger partial charge is 0.464 e. The number of nitrogens with one attached hydrogen (secondary N) is 2. The van der Waals surface area contributed by atoms with Crippen molar-refractivity contribution in [3.05, 3.63) is 58.8 Å². The zero-order valence-corrected chi connectivity index (χ0v) is 13.1. The van der Waals surface area contributed by atoms with Crippen molar-refractivity contribution in [3.63, 3.8) is 0 Å². The summed E-state index contributed by atoms with van der Waals surface area (Å²) < 4.78 is 44.9. The highest BCUT2D eigenvalue weighted by Gasteiger charge is 2.20. The van der Waals surface area contributed by atoms with E-state index >= 15 is 0 Å². The van der Waals surface area contributed by atoms with Crippen molar-refractivity contribution in [1.82, 2.24) is 10.6 Å². The molecular weight excluding hydrogens is 325 g/mol. The van der Waals surface area contributed by atoms with Gasteiger partial charge in [-0.3, -0.25) is 0 Å². The number of halogens is 3. The molecule has 2 unspecified atom stereocenters. The summed E-state index contributed by atoms with van der Waals surface area (Å²) in [6, 6.07) is 2.65. The van der Waals surface area contributed by atoms with Gasteiger partial charge in [0.1, 0.15) is 11.5 Å². The molecule has 0 aliphatic carbocycles. The normalized spacial score (nSPS) is 13.4. The van der Waals surface area contributed by atoms with E-state index < -0.39 is 42.2 Å². The molecule has 3 N–H and O–H groups in total. The Labute approximate surface area is 136 Å². The summed E-state index contributed by atoms with van der Waals surface area (Å²) in [5.74, 6) is -3.19. The maximum atomic E-state index is 13.3. The van der Waals surface area contributed by atoms with Gasteiger partial charge in [0, 0.05) is 0 Å². The SMILES string of the molecule is Cc1ccc(C(C)NC(=O)NC(CO)c2cc(F)c(F)c(F)c2)o1. The van der Waals surface area contributed by atoms with E-state index in [4.69, 9.17) is 4.42 Å². The molecule has 1 heterocycles. The lowest BCUT2D eigenvalue weighted by Gasteiger charge is -2.19. The summed E-state index contributed by atoms with van der Waals surface area (Å²) in [5.41, 5.74) is -0.0921. The van der Waals surface area contributed by atoms with Crippen molar-refractivity contribution in [2.45, 2.75) is 25.9 Å². The van der Waals surface area contributed by atoms with Gasteiger partial charge < -0.3 is 20.2 Å². The second kappa shape index (κ2) is 7.39. The number of aliphatic hydroxyl groups excluding tert-OH is 1. The minimum absolute atomic E-state index is 0.0921. The topological polar surface area (TPSA) is 74.5 Å². The average Bonchev–Trinajstić information content (AvgIpc) is 2.96. The molecule has 2 amide bonds. The molecule has 24 heavy (non-hydrogen) atoms. The number of benzene rings is 1. The van der Waals surface area contributed by atoms with Crippen LogP contribution in [0.1, 0.15) is 36.1 Å². The highest BCUT2D eigenvalue weighted by molar-refractivity contribution is 5.74. The lowest BCUT2D eigenvalue weighted by atomic mass is 10.1. The summed E-state index contributed by atoms with van der Waals surface area (Å²) >= 11 is 0. The Morgan fingerprint density at radius 2 is 1.83 bits per heavy atom. The molecule has 0 aliphatic rings. The molecule has 2 atom stereocenters. The fourth-order valence-electron chi connectivity index (χ4n) is 2.16. The number of aliphatic hydroxyl groups is 1. The van der Waals surface area contributed by atoms with E-state index in [1.807, 2.05) is 0 Å². The number of furan rings is 1. The van der Waals surface area contributed by atoms with Crippen LogP contribution in [0, 0.1) is 24.4 Å². The molecule has 0 saturated carbocycles. The van der Waals surface area contributed by atoms with E-state index in [-0.39, 0.29) is 5.56 Å². The van der Waals surface area contributed by atoms with Crippen LogP contribution in [0.2, 0.25) is 0 Å². The predicted molar refractivity (Wildman–Crippen MR) is 79.7 cm³/mol. The first-order valence-electron chi connectivity index (χ1n) is 7.20. The third-order valence-electron chi connectivity index (χ3n) is 3.43. The maximum absolute atomic E-state index is 13.3. The van der Waals surface area contributed by atoms with Crippen LogP contribution < -0.4 is 10.6 Å². The van der Waals surface area contributed by atoms with Crippen molar-refractivity contribution in [2.24, 2.45) is 0 Å². The highest BCUT2D eigenvalue weighted by atomic mass is 19.2. The molecular formula is C16H17F3N2O3. The molecule has 0 bridgehead atoms. The number of carbonyl (C=O) groups is 1. The van der Waals surface area contributed by atoms with Gasteiger partial charge >= 0.3 is 6.03 Å². The molecule has 1 aromatic carbocycles. The van der Waals surface area contributed by atoms with Gasteiger partial charge in [-0.25, -0.2) is 18.0 Å². The molecule has 2 aromatic rings. The molecule has 0 fully saturated rings. The van der Waals surface area contributed by atoms with Gasteiger partial charge in [-0.2, -0.15) is 0 Å². The smallest absolute Gasteiger partial charge is 0.315 e. The lowest BCUT2D eigenvalue weighted by Crippen LogP contribution is -2.40. The van der Waals surface area contributed by atoms with Crippen LogP contribution in [0.5, 0.6) is 0 Å². The number of hydrogen-bond donors (Lipinski definition) is 3. The number of hydrogen-bond acceptors (Lipinski definition) is 3. The minimum atomic E-state index is -1.61. The quantitative estimate of drug-likeness (QED) is 0.731. The third kappa shape index (κ3) is 4.08. The Morgan fingerprint density at radius 3 is 2.33 bits per heavy atom. The zero-order chi connectivity index (χ0) is 17.9. The molecule has 0 spiro atoms. The highest BCUT2D eigenvalue weighted by Crippen LogP contribution is 2.20. The Balaban J connectivity index is 2.05. The van der Waals surface area contributed by atoms with Crippen molar-refractivity contribution in [1.29, 1.82) is 0 Å². The zero-order valence-electron chi connectivity index (χ0n) is 13.1. The van der Waals surface area contributed by atoms with Gasteiger partial charge in [0.05, 0.1) is 18.7 Å². The van der Waals surface area contributed by atoms with E-state index in [2.05, 4.69) is 10.6 Å². The molecule has 0 radical (unpaired) electrons. The van der Waals surface area contributed by atoms with Crippen molar-refractivity contribution >= 4 is 6.03 Å². The average molecular weight is 342 g/mol. The molecule has 130 valence electrons. The summed E-state index contributed by atoms with van der Waals surface area (Å²) in [4.78, 5) is 12.0. The number of urea groups is 1. The molecule has 0 aliphatic heterocycles. The Hall–Kier alpha value is -2.48. The Morgan fingerprint density at radius 1 is 1.21 bits per heavy atom. The van der Waals surface area contributed by atoms with Crippen molar-refractivity contribution in [3.8, 4) is 0 Å². The third-order valence-corrected chi connectivity index (χ3v) is 3.43. The molecule has 1 aromatic heterocycles. The Bertz CT molecular complexity index is 710. The first kappa shape index (κ1) is 17.9. The summed E-state index contributed by atoms with van der Waals surface area (Å²) in [6.45, 7) is 2.82. The van der Waals surface area contributed by atoms with E-state index in [9.17, 15) is 23.1 Å². The molecule has 5 nitrogen and oxygen atoms in total. The van der Waals surface area contributed by atoms with Crippen LogP contribution in [-0.4, -0.2) is 17.7 Å². The summed E-state index contributed by atoms with van der Waals surface area (Å²) in [7, 11) is 0. The molecule has 0 saturated heterocycles. The van der Waals surface area contributed by atoms with Crippen molar-refractivity contribution in [2.75, 3.05) is 6.61 Å². The van der Waals surface area contributed by atoms with Crippen LogP contribution in [-0.2, 0) is 0 Å². The predicted octanol–water partition coefficient (Wildman–Crippen LogP) is 3.10. The first-order chi connectivity index (χ1) is 11.3. The number of amides is 2. The van der Waals surface area contributed by atoms with E-state index in [0.717, 1.165) is 12.1 Å². The number of aryl methyl sites for hydroxylation is 1. The molecule has 2 rings (SSSR count). The van der Waals surface area contributed by atoms with E-state index in [1.165, 1.54) is 0 Å². The van der Waals surface area contributed by atoms with Gasteiger partial charge in [-0.15, -0.1) is 0 Å². The number of rotatable bonds is 5. The standard InChI is InChI=1S/C16H17F3N2O3/c1-8-3-4-14(24-8)9(2)20-16(23)21-13(7-22)10-5-11(17)15(19)12(18)6-10/h3-6,9,13,22H,7H2,1-2H3,(H2,20,21,23). The van der Waals surface area contributed by atoms with Crippen LogP contribution in [0.4, 0.5) is 18.0 Å².